The van der Waals surface area contributed by atoms with E-state index in [2.05, 4.69) is 9.98 Å². The SMILES string of the molecule is Nc1ccc(-c2nc(C3C=CN=CC3)c(C(F)(F)F)o2)cc1. The lowest BCUT2D eigenvalue weighted by molar-refractivity contribution is -0.153. The van der Waals surface area contributed by atoms with Crippen molar-refractivity contribution in [1.82, 2.24) is 4.98 Å². The van der Waals surface area contributed by atoms with Crippen molar-refractivity contribution in [3.05, 3.63) is 48.0 Å². The van der Waals surface area contributed by atoms with Gasteiger partial charge in [-0.3, -0.25) is 4.99 Å². The van der Waals surface area contributed by atoms with E-state index < -0.39 is 17.9 Å². The van der Waals surface area contributed by atoms with Gasteiger partial charge < -0.3 is 10.2 Å². The molecule has 3 rings (SSSR count). The number of aromatic nitrogens is 1. The molecule has 0 radical (unpaired) electrons. The monoisotopic (exact) mass is 307 g/mol. The predicted molar refractivity (Wildman–Crippen MR) is 76.3 cm³/mol. The molecule has 1 aromatic carbocycles. The average molecular weight is 307 g/mol. The Morgan fingerprint density at radius 1 is 1.18 bits per heavy atom. The standard InChI is InChI=1S/C15H12F3N3O/c16-15(17,18)13-12(9-5-7-20-8-6-9)21-14(22-13)10-1-3-11(19)4-2-10/h1-5,7-9H,6,19H2. The van der Waals surface area contributed by atoms with Crippen LogP contribution in [0, 0.1) is 0 Å². The molecule has 2 heterocycles. The highest BCUT2D eigenvalue weighted by molar-refractivity contribution is 5.63. The quantitative estimate of drug-likeness (QED) is 0.852. The molecule has 1 aromatic heterocycles. The number of halogens is 3. The highest BCUT2D eigenvalue weighted by atomic mass is 19.4. The molecule has 4 nitrogen and oxygen atoms in total. The van der Waals surface area contributed by atoms with Crippen LogP contribution in [0.1, 0.15) is 23.8 Å². The smallest absolute Gasteiger partial charge is 0.431 e. The minimum absolute atomic E-state index is 0.0711. The van der Waals surface area contributed by atoms with Crippen LogP contribution >= 0.6 is 0 Å². The number of nitrogens with two attached hydrogens (primary N) is 1. The van der Waals surface area contributed by atoms with Crippen molar-refractivity contribution < 1.29 is 17.6 Å². The molecular weight excluding hydrogens is 295 g/mol. The molecule has 0 saturated carbocycles. The topological polar surface area (TPSA) is 64.4 Å². The number of nitrogens with zero attached hydrogens (tertiary/aromatic N) is 2. The fraction of sp³-hybridized carbons (Fsp3) is 0.200. The minimum Gasteiger partial charge on any atom is -0.431 e. The number of oxazole rings is 1. The molecule has 114 valence electrons. The molecule has 0 spiro atoms. The Morgan fingerprint density at radius 3 is 2.50 bits per heavy atom. The highest BCUT2D eigenvalue weighted by Gasteiger charge is 2.41. The van der Waals surface area contributed by atoms with Gasteiger partial charge in [0.2, 0.25) is 11.7 Å². The molecule has 0 saturated heterocycles. The fourth-order valence-corrected chi connectivity index (χ4v) is 2.21. The van der Waals surface area contributed by atoms with E-state index in [0.717, 1.165) is 0 Å². The van der Waals surface area contributed by atoms with Gasteiger partial charge in [-0.15, -0.1) is 0 Å². The van der Waals surface area contributed by atoms with Crippen LogP contribution in [-0.2, 0) is 6.18 Å². The summed E-state index contributed by atoms with van der Waals surface area (Å²) in [6, 6.07) is 6.31. The van der Waals surface area contributed by atoms with Gasteiger partial charge in [-0.05, 0) is 30.7 Å². The summed E-state index contributed by atoms with van der Waals surface area (Å²) in [5.74, 6) is -1.64. The Morgan fingerprint density at radius 2 is 1.91 bits per heavy atom. The van der Waals surface area contributed by atoms with Crippen molar-refractivity contribution in [3.63, 3.8) is 0 Å². The normalized spacial score (nSPS) is 17.9. The lowest BCUT2D eigenvalue weighted by Gasteiger charge is -2.11. The number of hydrogen-bond acceptors (Lipinski definition) is 4. The lowest BCUT2D eigenvalue weighted by Crippen LogP contribution is -2.10. The number of hydrogen-bond donors (Lipinski definition) is 1. The van der Waals surface area contributed by atoms with Gasteiger partial charge in [-0.1, -0.05) is 6.08 Å². The summed E-state index contributed by atoms with van der Waals surface area (Å²) in [7, 11) is 0. The summed E-state index contributed by atoms with van der Waals surface area (Å²) in [5, 5.41) is 0. The maximum atomic E-state index is 13.2. The van der Waals surface area contributed by atoms with Crippen molar-refractivity contribution in [2.45, 2.75) is 18.5 Å². The number of aliphatic imine (C=N–C) groups is 1. The van der Waals surface area contributed by atoms with Gasteiger partial charge in [0, 0.05) is 29.6 Å². The third kappa shape index (κ3) is 2.74. The summed E-state index contributed by atoms with van der Waals surface area (Å²) < 4.78 is 44.6. The summed E-state index contributed by atoms with van der Waals surface area (Å²) in [6.45, 7) is 0. The van der Waals surface area contributed by atoms with E-state index in [9.17, 15) is 13.2 Å². The second kappa shape index (κ2) is 5.32. The van der Waals surface area contributed by atoms with Gasteiger partial charge in [0.25, 0.3) is 0 Å². The number of anilines is 1. The van der Waals surface area contributed by atoms with Crippen LogP contribution in [0.25, 0.3) is 11.5 Å². The molecule has 2 N–H and O–H groups in total. The number of alkyl halides is 3. The van der Waals surface area contributed by atoms with E-state index in [-0.39, 0.29) is 11.6 Å². The van der Waals surface area contributed by atoms with Crippen LogP contribution in [0.3, 0.4) is 0 Å². The van der Waals surface area contributed by atoms with E-state index in [1.807, 2.05) is 0 Å². The van der Waals surface area contributed by atoms with E-state index in [0.29, 0.717) is 17.7 Å². The summed E-state index contributed by atoms with van der Waals surface area (Å²) in [6.07, 6.45) is 0.359. The number of nitrogen functional groups attached to an aromatic ring is 1. The maximum Gasteiger partial charge on any atom is 0.451 e. The van der Waals surface area contributed by atoms with Crippen LogP contribution < -0.4 is 5.73 Å². The summed E-state index contributed by atoms with van der Waals surface area (Å²) >= 11 is 0. The molecule has 0 bridgehead atoms. The minimum atomic E-state index is -4.60. The van der Waals surface area contributed by atoms with Gasteiger partial charge in [-0.25, -0.2) is 4.98 Å². The van der Waals surface area contributed by atoms with Crippen molar-refractivity contribution in [3.8, 4) is 11.5 Å². The Bertz CT molecular complexity index is 729. The molecule has 1 aliphatic rings. The average Bonchev–Trinajstić information content (AvgIpc) is 2.94. The first-order valence-electron chi connectivity index (χ1n) is 6.57. The summed E-state index contributed by atoms with van der Waals surface area (Å²) in [4.78, 5) is 7.92. The number of allylic oxidation sites excluding steroid dienone is 1. The Hall–Kier alpha value is -2.57. The number of rotatable bonds is 2. The van der Waals surface area contributed by atoms with E-state index in [1.54, 1.807) is 36.6 Å². The van der Waals surface area contributed by atoms with E-state index in [1.165, 1.54) is 6.20 Å². The van der Waals surface area contributed by atoms with E-state index in [4.69, 9.17) is 10.2 Å². The van der Waals surface area contributed by atoms with Crippen LogP contribution in [-0.4, -0.2) is 11.2 Å². The second-order valence-electron chi connectivity index (χ2n) is 4.87. The van der Waals surface area contributed by atoms with Gasteiger partial charge in [0.1, 0.15) is 0 Å². The second-order valence-corrected chi connectivity index (χ2v) is 4.87. The van der Waals surface area contributed by atoms with Crippen molar-refractivity contribution in [2.24, 2.45) is 4.99 Å². The Kier molecular flexibility index (Phi) is 3.48. The zero-order valence-electron chi connectivity index (χ0n) is 11.3. The van der Waals surface area contributed by atoms with Crippen molar-refractivity contribution in [2.75, 3.05) is 5.73 Å². The Balaban J connectivity index is 2.06. The van der Waals surface area contributed by atoms with E-state index >= 15 is 0 Å². The first kappa shape index (κ1) is 14.4. The van der Waals surface area contributed by atoms with Crippen molar-refractivity contribution in [1.29, 1.82) is 0 Å². The van der Waals surface area contributed by atoms with Gasteiger partial charge in [0.05, 0.1) is 5.69 Å². The largest absolute Gasteiger partial charge is 0.451 e. The fourth-order valence-electron chi connectivity index (χ4n) is 2.21. The zero-order valence-corrected chi connectivity index (χ0v) is 11.3. The van der Waals surface area contributed by atoms with Crippen LogP contribution in [0.5, 0.6) is 0 Å². The molecular formula is C15H12F3N3O. The molecule has 1 unspecified atom stereocenters. The first-order valence-corrected chi connectivity index (χ1v) is 6.57. The zero-order chi connectivity index (χ0) is 15.7. The molecule has 0 aliphatic carbocycles. The van der Waals surface area contributed by atoms with Gasteiger partial charge >= 0.3 is 6.18 Å². The summed E-state index contributed by atoms with van der Waals surface area (Å²) in [5.41, 5.74) is 6.40. The molecule has 0 fully saturated rings. The lowest BCUT2D eigenvalue weighted by atomic mass is 9.99. The van der Waals surface area contributed by atoms with Gasteiger partial charge in [0.15, 0.2) is 0 Å². The van der Waals surface area contributed by atoms with Crippen LogP contribution in [0.15, 0.2) is 46.0 Å². The first-order chi connectivity index (χ1) is 10.4. The maximum absolute atomic E-state index is 13.2. The Labute approximate surface area is 124 Å². The van der Waals surface area contributed by atoms with Crippen LogP contribution in [0.2, 0.25) is 0 Å². The molecule has 1 aliphatic heterocycles. The van der Waals surface area contributed by atoms with Crippen LogP contribution in [0.4, 0.5) is 18.9 Å². The van der Waals surface area contributed by atoms with Crippen molar-refractivity contribution >= 4 is 11.9 Å². The molecule has 0 amide bonds. The molecule has 22 heavy (non-hydrogen) atoms. The highest BCUT2D eigenvalue weighted by Crippen LogP contribution is 2.39. The molecule has 2 aromatic rings. The number of benzene rings is 1. The third-order valence-electron chi connectivity index (χ3n) is 3.29. The molecule has 1 atom stereocenters. The predicted octanol–water partition coefficient (Wildman–Crippen LogP) is 4.01. The third-order valence-corrected chi connectivity index (χ3v) is 3.29. The molecule has 7 heteroatoms. The van der Waals surface area contributed by atoms with Gasteiger partial charge in [-0.2, -0.15) is 13.2 Å².